The maximum Gasteiger partial charge on any atom is 0.416 e. The Labute approximate surface area is 169 Å². The normalized spacial score (nSPS) is 10.8. The van der Waals surface area contributed by atoms with Crippen LogP contribution in [-0.4, -0.2) is 28.7 Å². The minimum Gasteiger partial charge on any atom is -0.487 e. The van der Waals surface area contributed by atoms with Crippen LogP contribution >= 0.6 is 11.6 Å². The fraction of sp³-hybridized carbons (Fsp3) is 0.167. The first-order chi connectivity index (χ1) is 13.5. The van der Waals surface area contributed by atoms with Crippen LogP contribution in [0.15, 0.2) is 47.6 Å². The Morgan fingerprint density at radius 1 is 1.34 bits per heavy atom. The number of carbonyl (C=O) groups is 1. The summed E-state index contributed by atoms with van der Waals surface area (Å²) in [4.78, 5) is 9.00. The molecule has 2 rings (SSSR count). The number of nitrogens with one attached hydrogen (secondary N) is 1. The van der Waals surface area contributed by atoms with Gasteiger partial charge in [-0.2, -0.15) is 23.4 Å². The number of benzene rings is 2. The average Bonchev–Trinajstić information content (AvgIpc) is 2.65. The molecule has 2 aromatic rings. The van der Waals surface area contributed by atoms with Crippen molar-refractivity contribution in [1.82, 2.24) is 5.12 Å². The van der Waals surface area contributed by atoms with Crippen molar-refractivity contribution >= 4 is 30.1 Å². The number of carboxylic acids is 1. The van der Waals surface area contributed by atoms with Crippen molar-refractivity contribution in [2.24, 2.45) is 10.9 Å². The van der Waals surface area contributed by atoms with Crippen molar-refractivity contribution in [3.8, 4) is 5.75 Å². The molecule has 0 fully saturated rings. The van der Waals surface area contributed by atoms with E-state index in [4.69, 9.17) is 37.5 Å². The van der Waals surface area contributed by atoms with Crippen LogP contribution in [0.4, 0.5) is 13.2 Å². The Morgan fingerprint density at radius 2 is 1.97 bits per heavy atom. The van der Waals surface area contributed by atoms with Crippen LogP contribution in [-0.2, 0) is 17.6 Å². The summed E-state index contributed by atoms with van der Waals surface area (Å²) >= 11 is 6.19. The number of halogens is 4. The van der Waals surface area contributed by atoms with Crippen LogP contribution in [0.2, 0.25) is 5.02 Å². The monoisotopic (exact) mass is 430 g/mol. The van der Waals surface area contributed by atoms with E-state index in [1.165, 1.54) is 18.3 Å². The number of hydrogen-bond acceptors (Lipinski definition) is 5. The van der Waals surface area contributed by atoms with Gasteiger partial charge in [-0.3, -0.25) is 10.2 Å². The summed E-state index contributed by atoms with van der Waals surface area (Å²) in [6, 6.07) is 9.76. The second kappa shape index (κ2) is 11.0. The number of rotatable bonds is 6. The van der Waals surface area contributed by atoms with E-state index in [1.807, 2.05) is 0 Å². The molecule has 0 unspecified atom stereocenters. The second-order valence-electron chi connectivity index (χ2n) is 5.42. The molecule has 0 aliphatic carbocycles. The van der Waals surface area contributed by atoms with Gasteiger partial charge in [0.2, 0.25) is 0 Å². The van der Waals surface area contributed by atoms with Gasteiger partial charge in [-0.15, -0.1) is 0 Å². The number of hydrogen-bond donors (Lipinski definition) is 3. The third-order valence-electron chi connectivity index (χ3n) is 3.10. The maximum absolute atomic E-state index is 12.7. The summed E-state index contributed by atoms with van der Waals surface area (Å²) in [5.41, 5.74) is 0.109. The lowest BCUT2D eigenvalue weighted by molar-refractivity contribution is -0.137. The van der Waals surface area contributed by atoms with Crippen molar-refractivity contribution in [3.63, 3.8) is 0 Å². The Kier molecular flexibility index (Phi) is 9.10. The highest BCUT2D eigenvalue weighted by Crippen LogP contribution is 2.31. The number of nitrogens with zero attached hydrogens (tertiary/aromatic N) is 2. The molecule has 0 spiro atoms. The van der Waals surface area contributed by atoms with Crippen molar-refractivity contribution in [2.45, 2.75) is 19.7 Å². The molecule has 2 aromatic carbocycles. The van der Waals surface area contributed by atoms with Gasteiger partial charge in [0, 0.05) is 12.5 Å². The Morgan fingerprint density at radius 3 is 2.55 bits per heavy atom. The molecule has 0 atom stereocenters. The van der Waals surface area contributed by atoms with Crippen LogP contribution in [0, 0.1) is 5.41 Å². The van der Waals surface area contributed by atoms with Gasteiger partial charge in [-0.05, 0) is 23.8 Å². The number of ether oxygens (including phenoxy) is 1. The number of alkyl halides is 3. The van der Waals surface area contributed by atoms with Gasteiger partial charge in [0.15, 0.2) is 0 Å². The standard InChI is InChI=1S/C16H14ClF3N4O.C2H4O2/c17-15-12(8-23-24(22)10-21)4-2-6-14(15)25-9-11-3-1-5-13(7-11)16(18,19)20;1-2(3)4/h1-8,10,21H,9,22H2;1H3,(H,3,4). The largest absolute Gasteiger partial charge is 0.487 e. The molecule has 0 saturated heterocycles. The predicted octanol–water partition coefficient (Wildman–Crippen LogP) is 4.15. The van der Waals surface area contributed by atoms with Gasteiger partial charge in [0.1, 0.15) is 18.7 Å². The fourth-order valence-corrected chi connectivity index (χ4v) is 2.13. The van der Waals surface area contributed by atoms with E-state index in [0.717, 1.165) is 30.5 Å². The number of aliphatic carboxylic acids is 1. The Bertz CT molecular complexity index is 872. The van der Waals surface area contributed by atoms with E-state index >= 15 is 0 Å². The fourth-order valence-electron chi connectivity index (χ4n) is 1.90. The van der Waals surface area contributed by atoms with Gasteiger partial charge in [-0.25, -0.2) is 5.84 Å². The van der Waals surface area contributed by atoms with E-state index in [-0.39, 0.29) is 11.6 Å². The van der Waals surface area contributed by atoms with Crippen molar-refractivity contribution < 1.29 is 27.8 Å². The summed E-state index contributed by atoms with van der Waals surface area (Å²) in [5.74, 6) is 4.78. The van der Waals surface area contributed by atoms with Crippen LogP contribution in [0.5, 0.6) is 5.75 Å². The third kappa shape index (κ3) is 8.62. The Balaban J connectivity index is 0.000000960. The van der Waals surface area contributed by atoms with Crippen LogP contribution in [0.25, 0.3) is 0 Å². The molecular formula is C18H18ClF3N4O3. The highest BCUT2D eigenvalue weighted by atomic mass is 35.5. The van der Waals surface area contributed by atoms with Crippen molar-refractivity contribution in [3.05, 3.63) is 64.2 Å². The molecule has 0 bridgehead atoms. The molecule has 0 aliphatic heterocycles. The minimum absolute atomic E-state index is 0.0756. The molecule has 156 valence electrons. The molecule has 11 heteroatoms. The lowest BCUT2D eigenvalue weighted by Crippen LogP contribution is -2.22. The van der Waals surface area contributed by atoms with Gasteiger partial charge >= 0.3 is 6.18 Å². The summed E-state index contributed by atoms with van der Waals surface area (Å²) < 4.78 is 43.7. The van der Waals surface area contributed by atoms with Crippen molar-refractivity contribution in [1.29, 1.82) is 5.41 Å². The molecule has 0 heterocycles. The van der Waals surface area contributed by atoms with E-state index in [1.54, 1.807) is 18.2 Å². The number of carboxylic acid groups (broad SMARTS) is 1. The van der Waals surface area contributed by atoms with Gasteiger partial charge in [-0.1, -0.05) is 35.9 Å². The van der Waals surface area contributed by atoms with E-state index in [2.05, 4.69) is 5.10 Å². The topological polar surface area (TPSA) is 112 Å². The smallest absolute Gasteiger partial charge is 0.416 e. The predicted molar refractivity (Wildman–Crippen MR) is 103 cm³/mol. The lowest BCUT2D eigenvalue weighted by Gasteiger charge is -2.12. The second-order valence-corrected chi connectivity index (χ2v) is 5.80. The molecule has 4 N–H and O–H groups in total. The highest BCUT2D eigenvalue weighted by molar-refractivity contribution is 6.34. The SMILES string of the molecule is CC(=O)O.N=CN(N)N=Cc1cccc(OCc2cccc(C(F)(F)F)c2)c1Cl. The summed E-state index contributed by atoms with van der Waals surface area (Å²) in [5, 5.41) is 19.1. The maximum atomic E-state index is 12.7. The lowest BCUT2D eigenvalue weighted by atomic mass is 10.1. The summed E-state index contributed by atoms with van der Waals surface area (Å²) in [6.45, 7) is 1.01. The van der Waals surface area contributed by atoms with E-state index < -0.39 is 17.7 Å². The number of hydrazone groups is 1. The zero-order valence-corrected chi connectivity index (χ0v) is 15.9. The molecular weight excluding hydrogens is 413 g/mol. The molecule has 0 radical (unpaired) electrons. The van der Waals surface area contributed by atoms with Gasteiger partial charge in [0.05, 0.1) is 16.8 Å². The first kappa shape index (κ1) is 23.9. The molecule has 0 aromatic heterocycles. The van der Waals surface area contributed by atoms with Crippen LogP contribution in [0.3, 0.4) is 0 Å². The van der Waals surface area contributed by atoms with Gasteiger partial charge < -0.3 is 9.84 Å². The highest BCUT2D eigenvalue weighted by Gasteiger charge is 2.30. The van der Waals surface area contributed by atoms with Crippen LogP contribution in [0.1, 0.15) is 23.6 Å². The first-order valence-electron chi connectivity index (χ1n) is 7.90. The average molecular weight is 431 g/mol. The van der Waals surface area contributed by atoms with Crippen LogP contribution < -0.4 is 10.6 Å². The quantitative estimate of drug-likeness (QED) is 0.276. The Hall–Kier alpha value is -3.11. The van der Waals surface area contributed by atoms with Gasteiger partial charge in [0.25, 0.3) is 5.97 Å². The minimum atomic E-state index is -4.41. The number of nitrogens with two attached hydrogens (primary N) is 1. The van der Waals surface area contributed by atoms with E-state index in [0.29, 0.717) is 16.9 Å². The zero-order chi connectivity index (χ0) is 22.0. The number of hydrazine groups is 1. The van der Waals surface area contributed by atoms with Crippen molar-refractivity contribution in [2.75, 3.05) is 0 Å². The molecule has 29 heavy (non-hydrogen) atoms. The zero-order valence-electron chi connectivity index (χ0n) is 15.2. The molecule has 0 aliphatic rings. The summed E-state index contributed by atoms with van der Waals surface area (Å²) in [6.07, 6.45) is -2.27. The molecule has 0 saturated carbocycles. The molecule has 0 amide bonds. The summed E-state index contributed by atoms with van der Waals surface area (Å²) in [7, 11) is 0. The molecule has 7 nitrogen and oxygen atoms in total. The third-order valence-corrected chi connectivity index (χ3v) is 3.51. The van der Waals surface area contributed by atoms with E-state index in [9.17, 15) is 13.2 Å². The first-order valence-corrected chi connectivity index (χ1v) is 8.28.